The molecule has 6 heteroatoms. The average molecular weight is 335 g/mol. The summed E-state index contributed by atoms with van der Waals surface area (Å²) in [6, 6.07) is 13.3. The Bertz CT molecular complexity index is 868. The summed E-state index contributed by atoms with van der Waals surface area (Å²) in [4.78, 5) is 16.6. The van der Waals surface area contributed by atoms with Gasteiger partial charge in [-0.05, 0) is 37.2 Å². The van der Waals surface area contributed by atoms with Gasteiger partial charge < -0.3 is 10.6 Å². The summed E-state index contributed by atoms with van der Waals surface area (Å²) in [5.74, 6) is 0.372. The fourth-order valence-corrected chi connectivity index (χ4v) is 3.35. The minimum absolute atomic E-state index is 0.0646. The molecule has 2 aromatic heterocycles. The molecule has 0 unspecified atom stereocenters. The van der Waals surface area contributed by atoms with Gasteiger partial charge in [-0.25, -0.2) is 9.67 Å². The number of pyridine rings is 1. The van der Waals surface area contributed by atoms with Crippen molar-refractivity contribution in [3.63, 3.8) is 0 Å². The lowest BCUT2D eigenvalue weighted by molar-refractivity contribution is 0.0952. The highest BCUT2D eigenvalue weighted by Gasteiger charge is 2.23. The number of nitrogens with one attached hydrogen (secondary N) is 2. The molecule has 4 rings (SSSR count). The summed E-state index contributed by atoms with van der Waals surface area (Å²) in [5, 5.41) is 12.3. The van der Waals surface area contributed by atoms with Crippen LogP contribution in [0.1, 0.15) is 28.4 Å². The quantitative estimate of drug-likeness (QED) is 0.747. The van der Waals surface area contributed by atoms with Crippen LogP contribution in [0.5, 0.6) is 0 Å². The number of aromatic nitrogens is 3. The van der Waals surface area contributed by atoms with Gasteiger partial charge in [0.15, 0.2) is 5.65 Å². The number of carbonyl (C=O) groups excluding carboxylic acids is 1. The summed E-state index contributed by atoms with van der Waals surface area (Å²) >= 11 is 0. The SMILES string of the molecule is O=C(NCCn1nc([C@@H]2CCNC2)c2cccnc21)c1ccccc1. The lowest BCUT2D eigenvalue weighted by Gasteiger charge is -2.06. The van der Waals surface area contributed by atoms with Gasteiger partial charge in [0.05, 0.1) is 12.2 Å². The molecular weight excluding hydrogens is 314 g/mol. The second-order valence-electron chi connectivity index (χ2n) is 6.29. The highest BCUT2D eigenvalue weighted by atomic mass is 16.1. The highest BCUT2D eigenvalue weighted by molar-refractivity contribution is 5.94. The maximum absolute atomic E-state index is 12.1. The number of hydrogen-bond acceptors (Lipinski definition) is 4. The van der Waals surface area contributed by atoms with E-state index in [9.17, 15) is 4.79 Å². The zero-order chi connectivity index (χ0) is 17.1. The van der Waals surface area contributed by atoms with Gasteiger partial charge in [-0.15, -0.1) is 0 Å². The Morgan fingerprint density at radius 1 is 1.24 bits per heavy atom. The van der Waals surface area contributed by atoms with Crippen molar-refractivity contribution < 1.29 is 4.79 Å². The van der Waals surface area contributed by atoms with Crippen LogP contribution in [0.25, 0.3) is 11.0 Å². The van der Waals surface area contributed by atoms with Crippen molar-refractivity contribution in [3.05, 3.63) is 59.9 Å². The van der Waals surface area contributed by atoms with E-state index < -0.39 is 0 Å². The molecule has 0 saturated carbocycles. The van der Waals surface area contributed by atoms with Crippen LogP contribution >= 0.6 is 0 Å². The molecule has 25 heavy (non-hydrogen) atoms. The third-order valence-electron chi connectivity index (χ3n) is 4.63. The van der Waals surface area contributed by atoms with Crippen molar-refractivity contribution in [1.29, 1.82) is 0 Å². The molecule has 2 N–H and O–H groups in total. The van der Waals surface area contributed by atoms with Crippen LogP contribution in [0.2, 0.25) is 0 Å². The summed E-state index contributed by atoms with van der Waals surface area (Å²) in [5.41, 5.74) is 2.67. The van der Waals surface area contributed by atoms with Gasteiger partial charge in [0, 0.05) is 36.2 Å². The first-order chi connectivity index (χ1) is 12.3. The Morgan fingerprint density at radius 3 is 2.92 bits per heavy atom. The van der Waals surface area contributed by atoms with Crippen LogP contribution in [0.3, 0.4) is 0 Å². The standard InChI is InChI=1S/C19H21N5O/c25-19(14-5-2-1-3-6-14)22-11-12-24-18-16(7-4-9-21-18)17(23-24)15-8-10-20-13-15/h1-7,9,15,20H,8,10-13H2,(H,22,25)/t15-/m1/s1. The van der Waals surface area contributed by atoms with Crippen LogP contribution < -0.4 is 10.6 Å². The number of fused-ring (bicyclic) bond motifs is 1. The van der Waals surface area contributed by atoms with Crippen LogP contribution in [0.4, 0.5) is 0 Å². The summed E-state index contributed by atoms with van der Waals surface area (Å²) in [6.07, 6.45) is 2.89. The fraction of sp³-hybridized carbons (Fsp3) is 0.316. The number of hydrogen-bond donors (Lipinski definition) is 2. The molecule has 1 amide bonds. The van der Waals surface area contributed by atoms with Crippen LogP contribution in [0, 0.1) is 0 Å². The molecule has 0 bridgehead atoms. The lowest BCUT2D eigenvalue weighted by atomic mass is 10.0. The van der Waals surface area contributed by atoms with Gasteiger partial charge >= 0.3 is 0 Å². The van der Waals surface area contributed by atoms with E-state index in [2.05, 4.69) is 21.7 Å². The molecule has 0 aliphatic carbocycles. The Labute approximate surface area is 146 Å². The number of rotatable bonds is 5. The molecular formula is C19H21N5O. The molecule has 3 aromatic rings. The van der Waals surface area contributed by atoms with E-state index in [1.54, 1.807) is 6.20 Å². The van der Waals surface area contributed by atoms with Gasteiger partial charge in [0.1, 0.15) is 0 Å². The zero-order valence-corrected chi connectivity index (χ0v) is 14.0. The number of benzene rings is 1. The topological polar surface area (TPSA) is 71.8 Å². The average Bonchev–Trinajstić information content (AvgIpc) is 3.30. The van der Waals surface area contributed by atoms with Gasteiger partial charge in [-0.2, -0.15) is 5.10 Å². The number of nitrogens with zero attached hydrogens (tertiary/aromatic N) is 3. The second-order valence-corrected chi connectivity index (χ2v) is 6.29. The third-order valence-corrected chi connectivity index (χ3v) is 4.63. The summed E-state index contributed by atoms with van der Waals surface area (Å²) in [6.45, 7) is 3.12. The number of amides is 1. The Hall–Kier alpha value is -2.73. The van der Waals surface area contributed by atoms with Crippen molar-refractivity contribution in [1.82, 2.24) is 25.4 Å². The molecule has 1 aliphatic rings. The van der Waals surface area contributed by atoms with E-state index in [4.69, 9.17) is 5.10 Å². The maximum Gasteiger partial charge on any atom is 0.251 e. The van der Waals surface area contributed by atoms with Crippen molar-refractivity contribution >= 4 is 16.9 Å². The van der Waals surface area contributed by atoms with E-state index in [-0.39, 0.29) is 5.91 Å². The molecule has 1 aliphatic heterocycles. The van der Waals surface area contributed by atoms with Crippen molar-refractivity contribution in [3.8, 4) is 0 Å². The second kappa shape index (κ2) is 7.03. The Morgan fingerprint density at radius 2 is 2.12 bits per heavy atom. The fourth-order valence-electron chi connectivity index (χ4n) is 3.35. The van der Waals surface area contributed by atoms with Gasteiger partial charge in [0.25, 0.3) is 5.91 Å². The highest BCUT2D eigenvalue weighted by Crippen LogP contribution is 2.27. The summed E-state index contributed by atoms with van der Waals surface area (Å²) in [7, 11) is 0. The molecule has 6 nitrogen and oxygen atoms in total. The van der Waals surface area contributed by atoms with Crippen LogP contribution in [0.15, 0.2) is 48.7 Å². The maximum atomic E-state index is 12.1. The predicted octanol–water partition coefficient (Wildman–Crippen LogP) is 1.94. The molecule has 128 valence electrons. The molecule has 3 heterocycles. The van der Waals surface area contributed by atoms with Gasteiger partial charge in [0.2, 0.25) is 0 Å². The molecule has 1 aromatic carbocycles. The van der Waals surface area contributed by atoms with E-state index >= 15 is 0 Å². The molecule has 1 saturated heterocycles. The molecule has 1 fully saturated rings. The minimum atomic E-state index is -0.0646. The van der Waals surface area contributed by atoms with Gasteiger partial charge in [-0.1, -0.05) is 18.2 Å². The van der Waals surface area contributed by atoms with Gasteiger partial charge in [-0.3, -0.25) is 4.79 Å². The van der Waals surface area contributed by atoms with Crippen molar-refractivity contribution in [2.75, 3.05) is 19.6 Å². The minimum Gasteiger partial charge on any atom is -0.350 e. The lowest BCUT2D eigenvalue weighted by Crippen LogP contribution is -2.27. The molecule has 0 spiro atoms. The molecule has 1 atom stereocenters. The Balaban J connectivity index is 1.49. The smallest absolute Gasteiger partial charge is 0.251 e. The molecule has 0 radical (unpaired) electrons. The third kappa shape index (κ3) is 3.25. The Kier molecular flexibility index (Phi) is 4.43. The first kappa shape index (κ1) is 15.8. The van der Waals surface area contributed by atoms with E-state index in [0.717, 1.165) is 36.2 Å². The van der Waals surface area contributed by atoms with E-state index in [1.165, 1.54) is 0 Å². The van der Waals surface area contributed by atoms with Crippen molar-refractivity contribution in [2.24, 2.45) is 0 Å². The monoisotopic (exact) mass is 335 g/mol. The number of carbonyl (C=O) groups is 1. The van der Waals surface area contributed by atoms with Crippen LogP contribution in [-0.4, -0.2) is 40.3 Å². The zero-order valence-electron chi connectivity index (χ0n) is 14.0. The first-order valence-electron chi connectivity index (χ1n) is 8.68. The van der Waals surface area contributed by atoms with Crippen LogP contribution in [-0.2, 0) is 6.54 Å². The van der Waals surface area contributed by atoms with E-state index in [0.29, 0.717) is 24.6 Å². The van der Waals surface area contributed by atoms with Crippen molar-refractivity contribution in [2.45, 2.75) is 18.9 Å². The first-order valence-corrected chi connectivity index (χ1v) is 8.68. The summed E-state index contributed by atoms with van der Waals surface area (Å²) < 4.78 is 1.91. The normalized spacial score (nSPS) is 17.0. The van der Waals surface area contributed by atoms with E-state index in [1.807, 2.05) is 41.1 Å². The largest absolute Gasteiger partial charge is 0.350 e. The predicted molar refractivity (Wildman–Crippen MR) is 96.5 cm³/mol.